The van der Waals surface area contributed by atoms with Gasteiger partial charge in [0.15, 0.2) is 23.7 Å². The first-order valence-corrected chi connectivity index (χ1v) is 15.4. The van der Waals surface area contributed by atoms with Crippen LogP contribution < -0.4 is 0 Å². The summed E-state index contributed by atoms with van der Waals surface area (Å²) in [5, 5.41) is 0. The van der Waals surface area contributed by atoms with Crippen LogP contribution in [-0.4, -0.2) is 19.3 Å². The lowest BCUT2D eigenvalue weighted by atomic mass is 9.69. The van der Waals surface area contributed by atoms with Gasteiger partial charge < -0.3 is 14.2 Å². The van der Waals surface area contributed by atoms with Gasteiger partial charge in [0.25, 0.3) is 0 Å². The molecule has 0 radical (unpaired) electrons. The van der Waals surface area contributed by atoms with E-state index in [0.717, 1.165) is 50.5 Å². The Kier molecular flexibility index (Phi) is 10.2. The first-order chi connectivity index (χ1) is 20.1. The van der Waals surface area contributed by atoms with Gasteiger partial charge >= 0.3 is 6.11 Å². The Labute approximate surface area is 243 Å². The summed E-state index contributed by atoms with van der Waals surface area (Å²) in [6, 6.07) is 5.88. The van der Waals surface area contributed by atoms with Gasteiger partial charge in [-0.1, -0.05) is 31.9 Å². The van der Waals surface area contributed by atoms with E-state index in [1.54, 1.807) is 6.07 Å². The topological polar surface area (TPSA) is 27.7 Å². The molecule has 0 amide bonds. The van der Waals surface area contributed by atoms with Crippen LogP contribution in [0.5, 0.6) is 0 Å². The first kappa shape index (κ1) is 31.3. The fourth-order valence-corrected chi connectivity index (χ4v) is 7.00. The van der Waals surface area contributed by atoms with Crippen LogP contribution in [-0.2, 0) is 20.3 Å². The summed E-state index contributed by atoms with van der Waals surface area (Å²) in [5.41, 5.74) is 0.398. The van der Waals surface area contributed by atoms with Crippen molar-refractivity contribution < 1.29 is 40.6 Å². The van der Waals surface area contributed by atoms with Crippen LogP contribution in [0.25, 0.3) is 0 Å². The lowest BCUT2D eigenvalue weighted by Gasteiger charge is -2.38. The van der Waals surface area contributed by atoms with Gasteiger partial charge in [0, 0.05) is 11.5 Å². The lowest BCUT2D eigenvalue weighted by Crippen LogP contribution is -2.32. The van der Waals surface area contributed by atoms with Crippen molar-refractivity contribution in [3.63, 3.8) is 0 Å². The standard InChI is InChI=1S/C33H40F6O3/c1-2-3-4-20-18-40-32(41-19-20)24-11-14-27(28(34)15-24)23-7-5-21(6-8-23)22-9-12-26(13-10-22)42-33(38,39)25-16-29(35)31(37)30(36)17-25/h11,14-17,20-23,26,32H,2-10,12-13,18-19H2,1H3. The Morgan fingerprint density at radius 2 is 1.38 bits per heavy atom. The van der Waals surface area contributed by atoms with Crippen LogP contribution >= 0.6 is 0 Å². The number of hydrogen-bond acceptors (Lipinski definition) is 3. The summed E-state index contributed by atoms with van der Waals surface area (Å²) >= 11 is 0. The zero-order chi connectivity index (χ0) is 29.9. The van der Waals surface area contributed by atoms with E-state index in [-0.39, 0.29) is 23.9 Å². The summed E-state index contributed by atoms with van der Waals surface area (Å²) in [5.74, 6) is -4.03. The molecule has 0 aromatic heterocycles. The highest BCUT2D eigenvalue weighted by Crippen LogP contribution is 2.45. The number of hydrogen-bond donors (Lipinski definition) is 0. The van der Waals surface area contributed by atoms with Crippen molar-refractivity contribution in [1.29, 1.82) is 0 Å². The molecule has 1 saturated heterocycles. The molecular formula is C33H40F6O3. The highest BCUT2D eigenvalue weighted by Gasteiger charge is 2.40. The maximum absolute atomic E-state index is 15.2. The van der Waals surface area contributed by atoms with Crippen LogP contribution in [0.1, 0.15) is 106 Å². The maximum Gasteiger partial charge on any atom is 0.383 e. The Balaban J connectivity index is 1.08. The normalized spacial score (nSPS) is 29.0. The van der Waals surface area contributed by atoms with Gasteiger partial charge in [0.1, 0.15) is 5.82 Å². The molecular weight excluding hydrogens is 558 g/mol. The van der Waals surface area contributed by atoms with Crippen molar-refractivity contribution in [3.05, 3.63) is 70.3 Å². The van der Waals surface area contributed by atoms with Gasteiger partial charge in [-0.05, 0) is 99.3 Å². The van der Waals surface area contributed by atoms with E-state index < -0.39 is 41.5 Å². The maximum atomic E-state index is 15.2. The van der Waals surface area contributed by atoms with Gasteiger partial charge in [-0.3, -0.25) is 0 Å². The first-order valence-electron chi connectivity index (χ1n) is 15.4. The Morgan fingerprint density at radius 1 is 0.786 bits per heavy atom. The zero-order valence-electron chi connectivity index (χ0n) is 24.0. The number of unbranched alkanes of at least 4 members (excludes halogenated alkanes) is 1. The highest BCUT2D eigenvalue weighted by atomic mass is 19.3. The summed E-state index contributed by atoms with van der Waals surface area (Å²) in [6.07, 6.45) is 4.03. The molecule has 0 spiro atoms. The molecule has 3 aliphatic rings. The quantitative estimate of drug-likeness (QED) is 0.213. The van der Waals surface area contributed by atoms with Crippen molar-refractivity contribution in [1.82, 2.24) is 0 Å². The number of rotatable bonds is 9. The summed E-state index contributed by atoms with van der Waals surface area (Å²) < 4.78 is 101. The van der Waals surface area contributed by atoms with Gasteiger partial charge in [-0.25, -0.2) is 17.6 Å². The molecule has 3 fully saturated rings. The van der Waals surface area contributed by atoms with E-state index in [9.17, 15) is 22.0 Å². The van der Waals surface area contributed by atoms with Crippen LogP contribution in [0.4, 0.5) is 26.3 Å². The third-order valence-corrected chi connectivity index (χ3v) is 9.46. The van der Waals surface area contributed by atoms with Gasteiger partial charge in [-0.2, -0.15) is 8.78 Å². The summed E-state index contributed by atoms with van der Waals surface area (Å²) in [4.78, 5) is 0. The third kappa shape index (κ3) is 7.33. The molecule has 0 atom stereocenters. The van der Waals surface area contributed by atoms with E-state index in [1.165, 1.54) is 0 Å². The number of halogens is 6. The van der Waals surface area contributed by atoms with E-state index >= 15 is 4.39 Å². The molecule has 0 bridgehead atoms. The molecule has 5 rings (SSSR count). The average molecular weight is 599 g/mol. The molecule has 2 aliphatic carbocycles. The molecule has 42 heavy (non-hydrogen) atoms. The predicted molar refractivity (Wildman–Crippen MR) is 146 cm³/mol. The second-order valence-corrected chi connectivity index (χ2v) is 12.3. The molecule has 2 aromatic rings. The smallest absolute Gasteiger partial charge is 0.348 e. The van der Waals surface area contributed by atoms with Crippen molar-refractivity contribution in [3.8, 4) is 0 Å². The monoisotopic (exact) mass is 598 g/mol. The van der Waals surface area contributed by atoms with Crippen molar-refractivity contribution in [2.75, 3.05) is 13.2 Å². The lowest BCUT2D eigenvalue weighted by molar-refractivity contribution is -0.278. The number of ether oxygens (including phenoxy) is 3. The average Bonchev–Trinajstić information content (AvgIpc) is 2.99. The fourth-order valence-electron chi connectivity index (χ4n) is 7.00. The van der Waals surface area contributed by atoms with E-state index in [0.29, 0.717) is 62.2 Å². The zero-order valence-corrected chi connectivity index (χ0v) is 24.0. The summed E-state index contributed by atoms with van der Waals surface area (Å²) in [6.45, 7) is 3.42. The second-order valence-electron chi connectivity index (χ2n) is 12.3. The number of alkyl halides is 2. The van der Waals surface area contributed by atoms with Crippen molar-refractivity contribution >= 4 is 0 Å². The molecule has 0 unspecified atom stereocenters. The van der Waals surface area contributed by atoms with E-state index in [1.807, 2.05) is 12.1 Å². The molecule has 1 aliphatic heterocycles. The Bertz CT molecular complexity index is 1160. The second kappa shape index (κ2) is 13.7. The molecule has 3 nitrogen and oxygen atoms in total. The molecule has 232 valence electrons. The van der Waals surface area contributed by atoms with Crippen LogP contribution in [0.2, 0.25) is 0 Å². The Hall–Kier alpha value is -2.10. The minimum atomic E-state index is -3.92. The fraction of sp³-hybridized carbons (Fsp3) is 0.636. The third-order valence-electron chi connectivity index (χ3n) is 9.46. The Morgan fingerprint density at radius 3 is 1.95 bits per heavy atom. The minimum Gasteiger partial charge on any atom is -0.348 e. The summed E-state index contributed by atoms with van der Waals surface area (Å²) in [7, 11) is 0. The predicted octanol–water partition coefficient (Wildman–Crippen LogP) is 9.69. The van der Waals surface area contributed by atoms with Crippen LogP contribution in [0.15, 0.2) is 30.3 Å². The molecule has 2 saturated carbocycles. The van der Waals surface area contributed by atoms with Crippen molar-refractivity contribution in [2.24, 2.45) is 17.8 Å². The molecule has 9 heteroatoms. The SMILES string of the molecule is CCCCC1COC(c2ccc(C3CCC(C4CCC(OC(F)(F)c5cc(F)c(F)c(F)c5)CC4)CC3)c(F)c2)OC1. The van der Waals surface area contributed by atoms with Gasteiger partial charge in [-0.15, -0.1) is 0 Å². The minimum absolute atomic E-state index is 0.136. The molecule has 2 aromatic carbocycles. The van der Waals surface area contributed by atoms with Crippen LogP contribution in [0.3, 0.4) is 0 Å². The van der Waals surface area contributed by atoms with Crippen molar-refractivity contribution in [2.45, 2.75) is 102 Å². The number of benzene rings is 2. The van der Waals surface area contributed by atoms with Gasteiger partial charge in [0.05, 0.1) is 24.9 Å². The van der Waals surface area contributed by atoms with Crippen LogP contribution in [0, 0.1) is 41.0 Å². The highest BCUT2D eigenvalue weighted by molar-refractivity contribution is 5.28. The largest absolute Gasteiger partial charge is 0.383 e. The van der Waals surface area contributed by atoms with E-state index in [2.05, 4.69) is 6.92 Å². The molecule has 0 N–H and O–H groups in total. The van der Waals surface area contributed by atoms with Gasteiger partial charge in [0.2, 0.25) is 0 Å². The molecule has 1 heterocycles. The van der Waals surface area contributed by atoms with E-state index in [4.69, 9.17) is 14.2 Å².